The van der Waals surface area contributed by atoms with Gasteiger partial charge in [-0.25, -0.2) is 15.8 Å². The summed E-state index contributed by atoms with van der Waals surface area (Å²) >= 11 is 1.14. The Labute approximate surface area is 119 Å². The van der Waals surface area contributed by atoms with Gasteiger partial charge in [0.1, 0.15) is 10.8 Å². The van der Waals surface area contributed by atoms with Crippen molar-refractivity contribution in [3.05, 3.63) is 45.6 Å². The molecule has 3 N–H and O–H groups in total. The minimum atomic E-state index is -0.474. The zero-order valence-electron chi connectivity index (χ0n) is 11.0. The predicted octanol–water partition coefficient (Wildman–Crippen LogP) is 2.44. The largest absolute Gasteiger partial charge is 0.308 e. The molecule has 0 radical (unpaired) electrons. The van der Waals surface area contributed by atoms with Crippen molar-refractivity contribution in [1.29, 1.82) is 0 Å². The van der Waals surface area contributed by atoms with Crippen LogP contribution in [-0.2, 0) is 0 Å². The maximum absolute atomic E-state index is 11.0. The third-order valence-corrected chi connectivity index (χ3v) is 3.37. The van der Waals surface area contributed by atoms with E-state index in [4.69, 9.17) is 5.84 Å². The minimum absolute atomic E-state index is 0.0741. The third kappa shape index (κ3) is 3.22. The summed E-state index contributed by atoms with van der Waals surface area (Å²) in [5, 5.41) is 11.9. The lowest BCUT2D eigenvalue weighted by Crippen LogP contribution is -2.09. The molecule has 0 saturated heterocycles. The van der Waals surface area contributed by atoms with Crippen LogP contribution in [0.25, 0.3) is 0 Å². The summed E-state index contributed by atoms with van der Waals surface area (Å²) in [7, 11) is 0. The molecule has 2 aromatic rings. The molecule has 8 heteroatoms. The van der Waals surface area contributed by atoms with Crippen LogP contribution in [-0.4, -0.2) is 14.9 Å². The number of nitrogens with zero attached hydrogens (tertiary/aromatic N) is 3. The first-order chi connectivity index (χ1) is 9.49. The Bertz CT molecular complexity index is 642. The number of nitrogens with two attached hydrogens (primary N) is 1. The summed E-state index contributed by atoms with van der Waals surface area (Å²) in [6.45, 7) is 3.81. The summed E-state index contributed by atoms with van der Waals surface area (Å²) in [5.74, 6) is 5.64. The smallest absolute Gasteiger partial charge is 0.301 e. The molecule has 0 fully saturated rings. The molecular weight excluding hydrogens is 278 g/mol. The van der Waals surface area contributed by atoms with Crippen LogP contribution >= 0.6 is 11.8 Å². The summed E-state index contributed by atoms with van der Waals surface area (Å²) in [4.78, 5) is 19.0. The molecule has 0 atom stereocenters. The molecule has 0 aromatic carbocycles. The molecule has 0 bridgehead atoms. The fraction of sp³-hybridized carbons (Fsp3) is 0.167. The van der Waals surface area contributed by atoms with E-state index in [1.807, 2.05) is 26.0 Å². The van der Waals surface area contributed by atoms with E-state index >= 15 is 0 Å². The fourth-order valence-electron chi connectivity index (χ4n) is 1.68. The Morgan fingerprint density at radius 3 is 2.65 bits per heavy atom. The van der Waals surface area contributed by atoms with Crippen LogP contribution in [0.4, 0.5) is 11.5 Å². The molecule has 104 valence electrons. The number of nitrogens with one attached hydrogen (secondary N) is 1. The molecule has 2 heterocycles. The highest BCUT2D eigenvalue weighted by molar-refractivity contribution is 7.99. The summed E-state index contributed by atoms with van der Waals surface area (Å²) < 4.78 is 0. The van der Waals surface area contributed by atoms with Crippen LogP contribution in [0.3, 0.4) is 0 Å². The van der Waals surface area contributed by atoms with Crippen LogP contribution in [0.1, 0.15) is 11.3 Å². The monoisotopic (exact) mass is 291 g/mol. The van der Waals surface area contributed by atoms with Crippen molar-refractivity contribution in [2.24, 2.45) is 5.84 Å². The number of aromatic nitrogens is 2. The second kappa shape index (κ2) is 5.85. The van der Waals surface area contributed by atoms with Crippen LogP contribution in [0, 0.1) is 24.0 Å². The van der Waals surface area contributed by atoms with E-state index in [0.717, 1.165) is 23.0 Å². The highest BCUT2D eigenvalue weighted by Crippen LogP contribution is 2.33. The first kappa shape index (κ1) is 14.2. The van der Waals surface area contributed by atoms with E-state index in [2.05, 4.69) is 15.4 Å². The standard InChI is InChI=1S/C12H13N5O2S/c1-7-5-8(2)14-11(6-7)20-12-9(17(18)19)3-4-10(15-12)16-13/h3-6H,13H2,1-2H3,(H,15,16). The molecule has 7 nitrogen and oxygen atoms in total. The third-order valence-electron chi connectivity index (χ3n) is 2.46. The van der Waals surface area contributed by atoms with Crippen molar-refractivity contribution >= 4 is 23.3 Å². The van der Waals surface area contributed by atoms with Gasteiger partial charge in [-0.05, 0) is 49.4 Å². The number of pyridine rings is 2. The van der Waals surface area contributed by atoms with E-state index in [-0.39, 0.29) is 10.7 Å². The van der Waals surface area contributed by atoms with E-state index in [1.165, 1.54) is 12.1 Å². The first-order valence-corrected chi connectivity index (χ1v) is 6.56. The van der Waals surface area contributed by atoms with E-state index in [9.17, 15) is 10.1 Å². The normalized spacial score (nSPS) is 10.3. The number of aryl methyl sites for hydroxylation is 2. The summed E-state index contributed by atoms with van der Waals surface area (Å²) in [6, 6.07) is 6.61. The highest BCUT2D eigenvalue weighted by Gasteiger charge is 2.18. The van der Waals surface area contributed by atoms with Crippen molar-refractivity contribution in [2.75, 3.05) is 5.43 Å². The highest BCUT2D eigenvalue weighted by atomic mass is 32.2. The second-order valence-corrected chi connectivity index (χ2v) is 5.16. The van der Waals surface area contributed by atoms with Crippen LogP contribution in [0.2, 0.25) is 0 Å². The number of hydrazine groups is 1. The zero-order chi connectivity index (χ0) is 14.7. The van der Waals surface area contributed by atoms with E-state index in [0.29, 0.717) is 10.8 Å². The van der Waals surface area contributed by atoms with Gasteiger partial charge in [-0.3, -0.25) is 10.1 Å². The number of hydrogen-bond donors (Lipinski definition) is 2. The molecule has 0 amide bonds. The van der Waals surface area contributed by atoms with Gasteiger partial charge in [0.2, 0.25) is 0 Å². The summed E-state index contributed by atoms with van der Waals surface area (Å²) in [6.07, 6.45) is 0. The van der Waals surface area contributed by atoms with Crippen LogP contribution in [0.5, 0.6) is 0 Å². The van der Waals surface area contributed by atoms with Crippen molar-refractivity contribution in [3.63, 3.8) is 0 Å². The number of nitrogen functional groups attached to an aromatic ring is 1. The number of rotatable bonds is 4. The maximum Gasteiger partial charge on any atom is 0.301 e. The molecular formula is C12H13N5O2S. The number of hydrogen-bond acceptors (Lipinski definition) is 7. The van der Waals surface area contributed by atoms with Crippen LogP contribution in [0.15, 0.2) is 34.3 Å². The average molecular weight is 291 g/mol. The van der Waals surface area contributed by atoms with Gasteiger partial charge in [-0.15, -0.1) is 0 Å². The molecule has 0 aliphatic carbocycles. The van der Waals surface area contributed by atoms with Crippen LogP contribution < -0.4 is 11.3 Å². The Morgan fingerprint density at radius 1 is 1.30 bits per heavy atom. The predicted molar refractivity (Wildman–Crippen MR) is 76.5 cm³/mol. The number of anilines is 1. The quantitative estimate of drug-likeness (QED) is 0.506. The maximum atomic E-state index is 11.0. The van der Waals surface area contributed by atoms with Gasteiger partial charge in [-0.1, -0.05) is 0 Å². The van der Waals surface area contributed by atoms with E-state index < -0.39 is 4.92 Å². The van der Waals surface area contributed by atoms with Crippen molar-refractivity contribution in [2.45, 2.75) is 23.9 Å². The van der Waals surface area contributed by atoms with Crippen molar-refractivity contribution in [1.82, 2.24) is 9.97 Å². The van der Waals surface area contributed by atoms with Crippen molar-refractivity contribution in [3.8, 4) is 0 Å². The molecule has 0 saturated carbocycles. The van der Waals surface area contributed by atoms with Gasteiger partial charge in [0.25, 0.3) is 0 Å². The second-order valence-electron chi connectivity index (χ2n) is 4.15. The molecule has 2 aromatic heterocycles. The lowest BCUT2D eigenvalue weighted by molar-refractivity contribution is -0.388. The Balaban J connectivity index is 2.42. The van der Waals surface area contributed by atoms with Gasteiger partial charge in [0.15, 0.2) is 5.03 Å². The zero-order valence-corrected chi connectivity index (χ0v) is 11.8. The molecule has 2 rings (SSSR count). The topological polar surface area (TPSA) is 107 Å². The average Bonchev–Trinajstić information content (AvgIpc) is 2.37. The molecule has 20 heavy (non-hydrogen) atoms. The molecule has 0 spiro atoms. The van der Waals surface area contributed by atoms with Gasteiger partial charge in [0.05, 0.1) is 4.92 Å². The lowest BCUT2D eigenvalue weighted by Gasteiger charge is -2.06. The molecule has 0 unspecified atom stereocenters. The lowest BCUT2D eigenvalue weighted by atomic mass is 10.3. The molecule has 0 aliphatic rings. The Kier molecular flexibility index (Phi) is 4.16. The van der Waals surface area contributed by atoms with E-state index in [1.54, 1.807) is 0 Å². The SMILES string of the molecule is Cc1cc(C)nc(Sc2nc(NN)ccc2[N+](=O)[O-])c1. The Morgan fingerprint density at radius 2 is 2.05 bits per heavy atom. The fourth-order valence-corrected chi connectivity index (χ4v) is 2.71. The Hall–Kier alpha value is -2.19. The number of nitro groups is 1. The van der Waals surface area contributed by atoms with Crippen molar-refractivity contribution < 1.29 is 4.92 Å². The van der Waals surface area contributed by atoms with Gasteiger partial charge in [-0.2, -0.15) is 0 Å². The summed E-state index contributed by atoms with van der Waals surface area (Å²) in [5.41, 5.74) is 4.19. The minimum Gasteiger partial charge on any atom is -0.308 e. The van der Waals surface area contributed by atoms with Gasteiger partial charge < -0.3 is 5.43 Å². The first-order valence-electron chi connectivity index (χ1n) is 5.75. The molecule has 0 aliphatic heterocycles. The van der Waals surface area contributed by atoms with Gasteiger partial charge >= 0.3 is 5.69 Å². The van der Waals surface area contributed by atoms with Gasteiger partial charge in [0, 0.05) is 11.8 Å².